The van der Waals surface area contributed by atoms with E-state index in [2.05, 4.69) is 48.6 Å². The molecule has 128 valence electrons. The van der Waals surface area contributed by atoms with Gasteiger partial charge in [-0.2, -0.15) is 0 Å². The summed E-state index contributed by atoms with van der Waals surface area (Å²) in [7, 11) is 1.67. The van der Waals surface area contributed by atoms with Crippen LogP contribution in [0.3, 0.4) is 0 Å². The lowest BCUT2D eigenvalue weighted by Crippen LogP contribution is -2.00. The Morgan fingerprint density at radius 2 is 1.52 bits per heavy atom. The second-order valence-corrected chi connectivity index (χ2v) is 6.21. The minimum absolute atomic E-state index is 0.610. The topological polar surface area (TPSA) is 34.4 Å². The molecule has 3 nitrogen and oxygen atoms in total. The third-order valence-corrected chi connectivity index (χ3v) is 4.23. The molecule has 2 aromatic carbocycles. The molecule has 0 aliphatic rings. The van der Waals surface area contributed by atoms with E-state index >= 15 is 0 Å². The third kappa shape index (κ3) is 4.48. The minimum atomic E-state index is 0.610. The number of ether oxygens (including phenoxy) is 1. The standard InChI is InChI=1S/C21H21NO2S/c1-3-18-12-21(25)13-20(24-18)14-22-17-8-4-15(5-9-17)16-6-10-19(23-2)11-7-16/h4-13,22H,3,14H2,1-2H3. The van der Waals surface area contributed by atoms with Crippen molar-refractivity contribution in [2.24, 2.45) is 0 Å². The molecule has 0 bridgehead atoms. The molecule has 0 atom stereocenters. The molecule has 0 aliphatic carbocycles. The quantitative estimate of drug-likeness (QED) is 0.564. The maximum atomic E-state index is 5.80. The second kappa shape index (κ2) is 7.99. The van der Waals surface area contributed by atoms with Gasteiger partial charge in [-0.3, -0.25) is 0 Å². The summed E-state index contributed by atoms with van der Waals surface area (Å²) >= 11 is 5.28. The fourth-order valence-electron chi connectivity index (χ4n) is 2.60. The number of benzene rings is 2. The molecule has 4 heteroatoms. The average Bonchev–Trinajstić information content (AvgIpc) is 2.66. The van der Waals surface area contributed by atoms with E-state index in [9.17, 15) is 0 Å². The summed E-state index contributed by atoms with van der Waals surface area (Å²) in [5, 5.41) is 3.38. The summed E-state index contributed by atoms with van der Waals surface area (Å²) < 4.78 is 11.8. The largest absolute Gasteiger partial charge is 0.497 e. The molecule has 1 N–H and O–H groups in total. The number of hydrogen-bond donors (Lipinski definition) is 1. The fraction of sp³-hybridized carbons (Fsp3) is 0.190. The van der Waals surface area contributed by atoms with E-state index in [1.165, 1.54) is 5.56 Å². The van der Waals surface area contributed by atoms with E-state index in [0.717, 1.165) is 39.5 Å². The molecular weight excluding hydrogens is 330 g/mol. The molecule has 0 saturated heterocycles. The molecule has 0 aliphatic heterocycles. The number of hydrogen-bond acceptors (Lipinski definition) is 4. The van der Waals surface area contributed by atoms with Crippen molar-refractivity contribution in [3.63, 3.8) is 0 Å². The highest BCUT2D eigenvalue weighted by molar-refractivity contribution is 7.71. The van der Waals surface area contributed by atoms with Gasteiger partial charge >= 0.3 is 0 Å². The Balaban J connectivity index is 1.68. The molecule has 1 heterocycles. The van der Waals surface area contributed by atoms with Crippen LogP contribution in [0, 0.1) is 4.51 Å². The van der Waals surface area contributed by atoms with Gasteiger partial charge in [-0.15, -0.1) is 0 Å². The summed E-state index contributed by atoms with van der Waals surface area (Å²) in [4.78, 5) is 0. The molecule has 1 aromatic heterocycles. The predicted molar refractivity (Wildman–Crippen MR) is 105 cm³/mol. The van der Waals surface area contributed by atoms with Crippen LogP contribution >= 0.6 is 12.2 Å². The Hall–Kier alpha value is -2.59. The highest BCUT2D eigenvalue weighted by Gasteiger charge is 2.02. The summed E-state index contributed by atoms with van der Waals surface area (Å²) in [6.45, 7) is 2.67. The lowest BCUT2D eigenvalue weighted by molar-refractivity contribution is 0.415. The van der Waals surface area contributed by atoms with Crippen LogP contribution < -0.4 is 10.1 Å². The van der Waals surface area contributed by atoms with Crippen LogP contribution in [0.25, 0.3) is 11.1 Å². The van der Waals surface area contributed by atoms with Crippen molar-refractivity contribution in [3.05, 3.63) is 76.7 Å². The highest BCUT2D eigenvalue weighted by atomic mass is 32.1. The van der Waals surface area contributed by atoms with E-state index in [-0.39, 0.29) is 0 Å². The number of rotatable bonds is 6. The van der Waals surface area contributed by atoms with Crippen LogP contribution in [0.2, 0.25) is 0 Å². The molecule has 3 rings (SSSR count). The SMILES string of the molecule is CCc1cc(=S)cc(CNc2ccc(-c3ccc(OC)cc3)cc2)o1. The van der Waals surface area contributed by atoms with Crippen molar-refractivity contribution >= 4 is 17.9 Å². The number of methoxy groups -OCH3 is 1. The number of anilines is 1. The van der Waals surface area contributed by atoms with Gasteiger partial charge in [0.15, 0.2) is 0 Å². The van der Waals surface area contributed by atoms with E-state index in [4.69, 9.17) is 21.4 Å². The number of aryl methyl sites for hydroxylation is 1. The summed E-state index contributed by atoms with van der Waals surface area (Å²) in [5.41, 5.74) is 3.37. The maximum absolute atomic E-state index is 5.80. The molecule has 0 amide bonds. The predicted octanol–water partition coefficient (Wildman–Crippen LogP) is 5.86. The highest BCUT2D eigenvalue weighted by Crippen LogP contribution is 2.24. The first-order valence-electron chi connectivity index (χ1n) is 8.29. The Bertz CT molecular complexity index is 883. The van der Waals surface area contributed by atoms with E-state index < -0.39 is 0 Å². The van der Waals surface area contributed by atoms with Gasteiger partial charge in [0.05, 0.1) is 13.7 Å². The van der Waals surface area contributed by atoms with Crippen LogP contribution in [-0.2, 0) is 13.0 Å². The first-order chi connectivity index (χ1) is 12.2. The zero-order chi connectivity index (χ0) is 17.6. The molecule has 25 heavy (non-hydrogen) atoms. The Labute approximate surface area is 153 Å². The number of nitrogens with one attached hydrogen (secondary N) is 1. The van der Waals surface area contributed by atoms with Gasteiger partial charge < -0.3 is 14.5 Å². The Morgan fingerprint density at radius 3 is 2.12 bits per heavy atom. The van der Waals surface area contributed by atoms with Crippen LogP contribution in [-0.4, -0.2) is 7.11 Å². The minimum Gasteiger partial charge on any atom is -0.497 e. The lowest BCUT2D eigenvalue weighted by Gasteiger charge is -2.09. The summed E-state index contributed by atoms with van der Waals surface area (Å²) in [6, 6.07) is 20.2. The van der Waals surface area contributed by atoms with Crippen molar-refractivity contribution < 1.29 is 9.15 Å². The summed E-state index contributed by atoms with van der Waals surface area (Å²) in [6.07, 6.45) is 0.841. The molecule has 0 unspecified atom stereocenters. The van der Waals surface area contributed by atoms with Gasteiger partial charge in [-0.05, 0) is 47.5 Å². The van der Waals surface area contributed by atoms with Crippen LogP contribution in [0.4, 0.5) is 5.69 Å². The molecule has 0 spiro atoms. The molecule has 3 aromatic rings. The second-order valence-electron chi connectivity index (χ2n) is 5.74. The average molecular weight is 351 g/mol. The van der Waals surface area contributed by atoms with Crippen molar-refractivity contribution in [2.75, 3.05) is 12.4 Å². The lowest BCUT2D eigenvalue weighted by atomic mass is 10.1. The molecular formula is C21H21NO2S. The Morgan fingerprint density at radius 1 is 0.920 bits per heavy atom. The van der Waals surface area contributed by atoms with Crippen LogP contribution in [0.5, 0.6) is 5.75 Å². The fourth-order valence-corrected chi connectivity index (χ4v) is 2.86. The third-order valence-electron chi connectivity index (χ3n) is 3.99. The van der Waals surface area contributed by atoms with Crippen molar-refractivity contribution in [1.29, 1.82) is 0 Å². The van der Waals surface area contributed by atoms with E-state index in [0.29, 0.717) is 6.54 Å². The van der Waals surface area contributed by atoms with Crippen LogP contribution in [0.1, 0.15) is 18.4 Å². The van der Waals surface area contributed by atoms with Gasteiger partial charge in [-0.1, -0.05) is 43.4 Å². The summed E-state index contributed by atoms with van der Waals surface area (Å²) in [5.74, 6) is 2.63. The molecule has 0 radical (unpaired) electrons. The maximum Gasteiger partial charge on any atom is 0.124 e. The van der Waals surface area contributed by atoms with Crippen LogP contribution in [0.15, 0.2) is 65.1 Å². The first kappa shape index (κ1) is 17.2. The van der Waals surface area contributed by atoms with Gasteiger partial charge in [0.1, 0.15) is 17.3 Å². The normalized spacial score (nSPS) is 10.5. The van der Waals surface area contributed by atoms with Crippen molar-refractivity contribution in [1.82, 2.24) is 0 Å². The van der Waals surface area contributed by atoms with Gasteiger partial charge in [-0.25, -0.2) is 0 Å². The first-order valence-corrected chi connectivity index (χ1v) is 8.70. The van der Waals surface area contributed by atoms with Gasteiger partial charge in [0.2, 0.25) is 0 Å². The molecule has 0 fully saturated rings. The molecule has 0 saturated carbocycles. The van der Waals surface area contributed by atoms with Gasteiger partial charge in [0.25, 0.3) is 0 Å². The zero-order valence-electron chi connectivity index (χ0n) is 14.4. The van der Waals surface area contributed by atoms with E-state index in [1.807, 2.05) is 24.3 Å². The van der Waals surface area contributed by atoms with Crippen molar-refractivity contribution in [3.8, 4) is 16.9 Å². The van der Waals surface area contributed by atoms with Gasteiger partial charge in [0, 0.05) is 16.6 Å². The Kier molecular flexibility index (Phi) is 5.51. The monoisotopic (exact) mass is 351 g/mol. The van der Waals surface area contributed by atoms with Crippen molar-refractivity contribution in [2.45, 2.75) is 19.9 Å². The smallest absolute Gasteiger partial charge is 0.124 e. The zero-order valence-corrected chi connectivity index (χ0v) is 15.2. The van der Waals surface area contributed by atoms with E-state index in [1.54, 1.807) is 7.11 Å².